The van der Waals surface area contributed by atoms with Gasteiger partial charge in [0.25, 0.3) is 5.91 Å². The Kier molecular flexibility index (Phi) is 7.48. The van der Waals surface area contributed by atoms with Gasteiger partial charge in [-0.25, -0.2) is 4.98 Å². The van der Waals surface area contributed by atoms with Gasteiger partial charge in [0.05, 0.1) is 24.6 Å². The van der Waals surface area contributed by atoms with Gasteiger partial charge < -0.3 is 19.0 Å². The van der Waals surface area contributed by atoms with E-state index in [1.807, 2.05) is 24.0 Å². The number of methoxy groups -OCH3 is 1. The molecule has 2 saturated heterocycles. The van der Waals surface area contributed by atoms with Crippen LogP contribution in [0.3, 0.4) is 0 Å². The first-order valence-electron chi connectivity index (χ1n) is 13.8. The molecule has 2 aliphatic rings. The van der Waals surface area contributed by atoms with E-state index < -0.39 is 0 Å². The standard InChI is InChI=1S/C31H40N4O3/c1-20(2)29-26(23-9-7-10-24(17-23)37-6)18-27(28-11-8-13-33(28)5)30(32-29)34-14-15-35(21(3)19-34)31(36)25-12-16-38-22(25)4/h7,9-10,12,16-18,20-21,28H,8,11,13-15,19H2,1-6H3. The van der Waals surface area contributed by atoms with Crippen molar-refractivity contribution in [2.75, 3.05) is 45.2 Å². The Morgan fingerprint density at radius 3 is 2.61 bits per heavy atom. The van der Waals surface area contributed by atoms with Crippen LogP contribution in [0.5, 0.6) is 5.75 Å². The zero-order valence-electron chi connectivity index (χ0n) is 23.5. The fourth-order valence-electron chi connectivity index (χ4n) is 6.01. The number of nitrogens with zero attached hydrogens (tertiary/aromatic N) is 4. The lowest BCUT2D eigenvalue weighted by molar-refractivity contribution is 0.0671. The van der Waals surface area contributed by atoms with Crippen molar-refractivity contribution in [3.05, 3.63) is 65.2 Å². The van der Waals surface area contributed by atoms with Gasteiger partial charge in [0.2, 0.25) is 0 Å². The maximum Gasteiger partial charge on any atom is 0.257 e. The van der Waals surface area contributed by atoms with Crippen LogP contribution in [0.25, 0.3) is 11.1 Å². The number of amides is 1. The first-order chi connectivity index (χ1) is 18.3. The summed E-state index contributed by atoms with van der Waals surface area (Å²) in [4.78, 5) is 25.5. The Balaban J connectivity index is 1.53. The molecule has 2 aromatic heterocycles. The van der Waals surface area contributed by atoms with E-state index in [1.165, 1.54) is 17.5 Å². The fourth-order valence-corrected chi connectivity index (χ4v) is 6.01. The molecule has 0 aliphatic carbocycles. The summed E-state index contributed by atoms with van der Waals surface area (Å²) in [6.45, 7) is 11.6. The van der Waals surface area contributed by atoms with Gasteiger partial charge in [0.15, 0.2) is 0 Å². The molecule has 1 amide bonds. The molecular weight excluding hydrogens is 476 g/mol. The average Bonchev–Trinajstić information content (AvgIpc) is 3.55. The summed E-state index contributed by atoms with van der Waals surface area (Å²) in [5, 5.41) is 0. The molecular formula is C31H40N4O3. The highest BCUT2D eigenvalue weighted by molar-refractivity contribution is 5.95. The molecule has 7 heteroatoms. The van der Waals surface area contributed by atoms with Crippen LogP contribution in [0, 0.1) is 6.92 Å². The quantitative estimate of drug-likeness (QED) is 0.407. The van der Waals surface area contributed by atoms with Crippen LogP contribution in [-0.4, -0.2) is 67.1 Å². The first-order valence-corrected chi connectivity index (χ1v) is 13.8. The Labute approximate surface area is 226 Å². The lowest BCUT2D eigenvalue weighted by Gasteiger charge is -2.42. The number of pyridine rings is 1. The van der Waals surface area contributed by atoms with Crippen molar-refractivity contribution in [1.82, 2.24) is 14.8 Å². The number of aromatic nitrogens is 1. The summed E-state index contributed by atoms with van der Waals surface area (Å²) in [6.07, 6.45) is 3.90. The van der Waals surface area contributed by atoms with Gasteiger partial charge in [0.1, 0.15) is 17.3 Å². The van der Waals surface area contributed by atoms with Crippen LogP contribution in [0.1, 0.15) is 72.9 Å². The van der Waals surface area contributed by atoms with Gasteiger partial charge in [-0.15, -0.1) is 0 Å². The Morgan fingerprint density at radius 2 is 1.97 bits per heavy atom. The number of anilines is 1. The lowest BCUT2D eigenvalue weighted by Crippen LogP contribution is -2.54. The molecule has 38 heavy (non-hydrogen) atoms. The van der Waals surface area contributed by atoms with Crippen molar-refractivity contribution in [2.45, 2.75) is 58.5 Å². The molecule has 2 unspecified atom stereocenters. The van der Waals surface area contributed by atoms with Crippen molar-refractivity contribution in [2.24, 2.45) is 0 Å². The molecule has 2 fully saturated rings. The van der Waals surface area contributed by atoms with E-state index >= 15 is 0 Å². The van der Waals surface area contributed by atoms with E-state index in [9.17, 15) is 4.79 Å². The molecule has 3 aromatic rings. The first kappa shape index (κ1) is 26.3. The van der Waals surface area contributed by atoms with E-state index in [4.69, 9.17) is 14.1 Å². The molecule has 0 saturated carbocycles. The van der Waals surface area contributed by atoms with Gasteiger partial charge in [-0.3, -0.25) is 9.69 Å². The summed E-state index contributed by atoms with van der Waals surface area (Å²) in [6, 6.07) is 12.8. The molecule has 2 aliphatic heterocycles. The van der Waals surface area contributed by atoms with Crippen molar-refractivity contribution in [3.8, 4) is 16.9 Å². The number of aryl methyl sites for hydroxylation is 1. The number of benzene rings is 1. The second-order valence-electron chi connectivity index (χ2n) is 11.0. The number of ether oxygens (including phenoxy) is 1. The van der Waals surface area contributed by atoms with E-state index in [0.29, 0.717) is 23.9 Å². The lowest BCUT2D eigenvalue weighted by atomic mass is 9.93. The van der Waals surface area contributed by atoms with Gasteiger partial charge in [0, 0.05) is 42.8 Å². The summed E-state index contributed by atoms with van der Waals surface area (Å²) in [5.41, 5.74) is 5.34. The van der Waals surface area contributed by atoms with Gasteiger partial charge in [-0.1, -0.05) is 26.0 Å². The largest absolute Gasteiger partial charge is 0.497 e. The molecule has 7 nitrogen and oxygen atoms in total. The molecule has 0 bridgehead atoms. The van der Waals surface area contributed by atoms with Crippen LogP contribution < -0.4 is 9.64 Å². The number of rotatable bonds is 6. The third kappa shape index (κ3) is 4.92. The zero-order valence-corrected chi connectivity index (χ0v) is 23.5. The van der Waals surface area contributed by atoms with E-state index in [2.05, 4.69) is 55.8 Å². The molecule has 0 radical (unpaired) electrons. The maximum atomic E-state index is 13.3. The molecule has 202 valence electrons. The van der Waals surface area contributed by atoms with Gasteiger partial charge in [-0.2, -0.15) is 0 Å². The second kappa shape index (κ2) is 10.8. The van der Waals surface area contributed by atoms with Gasteiger partial charge >= 0.3 is 0 Å². The van der Waals surface area contributed by atoms with Gasteiger partial charge in [-0.05, 0) is 76.0 Å². The van der Waals surface area contributed by atoms with Crippen molar-refractivity contribution in [1.29, 1.82) is 0 Å². The Hall–Kier alpha value is -3.32. The highest BCUT2D eigenvalue weighted by Crippen LogP contribution is 2.41. The maximum absolute atomic E-state index is 13.3. The van der Waals surface area contributed by atoms with Crippen LogP contribution in [0.2, 0.25) is 0 Å². The molecule has 4 heterocycles. The monoisotopic (exact) mass is 516 g/mol. The number of piperazine rings is 1. The van der Waals surface area contributed by atoms with Crippen molar-refractivity contribution in [3.63, 3.8) is 0 Å². The number of carbonyl (C=O) groups excluding carboxylic acids is 1. The predicted octanol–water partition coefficient (Wildman–Crippen LogP) is 5.90. The molecule has 0 N–H and O–H groups in total. The minimum absolute atomic E-state index is 0.0448. The van der Waals surface area contributed by atoms with Crippen LogP contribution in [-0.2, 0) is 0 Å². The number of hydrogen-bond donors (Lipinski definition) is 0. The summed E-state index contributed by atoms with van der Waals surface area (Å²) in [7, 11) is 3.93. The molecule has 1 aromatic carbocycles. The average molecular weight is 517 g/mol. The highest BCUT2D eigenvalue weighted by Gasteiger charge is 2.34. The van der Waals surface area contributed by atoms with E-state index in [1.54, 1.807) is 19.4 Å². The van der Waals surface area contributed by atoms with Crippen LogP contribution >= 0.6 is 0 Å². The molecule has 0 spiro atoms. The highest BCUT2D eigenvalue weighted by atomic mass is 16.5. The second-order valence-corrected chi connectivity index (χ2v) is 11.0. The normalized spacial score (nSPS) is 20.4. The third-order valence-electron chi connectivity index (χ3n) is 8.14. The number of likely N-dealkylation sites (tertiary alicyclic amines) is 1. The van der Waals surface area contributed by atoms with Crippen LogP contribution in [0.4, 0.5) is 5.82 Å². The Morgan fingerprint density at radius 1 is 1.16 bits per heavy atom. The smallest absolute Gasteiger partial charge is 0.257 e. The van der Waals surface area contributed by atoms with E-state index in [0.717, 1.165) is 48.9 Å². The zero-order chi connectivity index (χ0) is 27.0. The fraction of sp³-hybridized carbons (Fsp3) is 0.484. The minimum Gasteiger partial charge on any atom is -0.497 e. The summed E-state index contributed by atoms with van der Waals surface area (Å²) >= 11 is 0. The number of carbonyl (C=O) groups is 1. The third-order valence-corrected chi connectivity index (χ3v) is 8.14. The predicted molar refractivity (Wildman–Crippen MR) is 151 cm³/mol. The summed E-state index contributed by atoms with van der Waals surface area (Å²) in [5.74, 6) is 2.89. The van der Waals surface area contributed by atoms with Crippen molar-refractivity contribution >= 4 is 11.7 Å². The topological polar surface area (TPSA) is 62.1 Å². The molecule has 5 rings (SSSR count). The number of hydrogen-bond acceptors (Lipinski definition) is 6. The Bertz CT molecular complexity index is 1300. The molecule has 2 atom stereocenters. The van der Waals surface area contributed by atoms with E-state index in [-0.39, 0.29) is 17.9 Å². The minimum atomic E-state index is 0.0448. The number of furan rings is 1. The SMILES string of the molecule is COc1cccc(-c2cc(C3CCCN3C)c(N3CCN(C(=O)c4ccoc4C)C(C)C3)nc2C(C)C)c1. The summed E-state index contributed by atoms with van der Waals surface area (Å²) < 4.78 is 10.9. The van der Waals surface area contributed by atoms with Crippen molar-refractivity contribution < 1.29 is 13.9 Å². The van der Waals surface area contributed by atoms with Crippen LogP contribution in [0.15, 0.2) is 47.1 Å².